The lowest BCUT2D eigenvalue weighted by molar-refractivity contribution is -0.133. The van der Waals surface area contributed by atoms with E-state index < -0.39 is 0 Å². The largest absolute Gasteiger partial charge is 0.490 e. The van der Waals surface area contributed by atoms with Gasteiger partial charge in [-0.3, -0.25) is 14.5 Å². The minimum atomic E-state index is -0.146. The Morgan fingerprint density at radius 1 is 0.943 bits per heavy atom. The molecule has 6 nitrogen and oxygen atoms in total. The zero-order chi connectivity index (χ0) is 25.1. The molecule has 0 N–H and O–H groups in total. The second-order valence-corrected chi connectivity index (χ2v) is 10.6. The summed E-state index contributed by atoms with van der Waals surface area (Å²) in [5.41, 5.74) is 1.04. The smallest absolute Gasteiger partial charge is 0.236 e. The summed E-state index contributed by atoms with van der Waals surface area (Å²) in [5.74, 6) is 1.04. The summed E-state index contributed by atoms with van der Waals surface area (Å²) in [4.78, 5) is 30.8. The van der Waals surface area contributed by atoms with Crippen LogP contribution < -0.4 is 4.74 Å². The zero-order valence-electron chi connectivity index (χ0n) is 19.9. The van der Waals surface area contributed by atoms with Gasteiger partial charge in [0.1, 0.15) is 11.9 Å². The van der Waals surface area contributed by atoms with Crippen molar-refractivity contribution in [1.29, 1.82) is 0 Å². The lowest BCUT2D eigenvalue weighted by Gasteiger charge is -2.34. The van der Waals surface area contributed by atoms with Crippen molar-refractivity contribution < 1.29 is 14.3 Å². The highest BCUT2D eigenvalue weighted by Gasteiger charge is 2.40. The van der Waals surface area contributed by atoms with Crippen LogP contribution in [-0.4, -0.2) is 78.4 Å². The fourth-order valence-electron chi connectivity index (χ4n) is 4.93. The zero-order valence-corrected chi connectivity index (χ0v) is 22.2. The van der Waals surface area contributed by atoms with Crippen LogP contribution in [0, 0.1) is 5.92 Å². The Hall–Kier alpha value is -1.99. The first-order chi connectivity index (χ1) is 16.7. The molecule has 2 aromatic carbocycles. The van der Waals surface area contributed by atoms with Crippen molar-refractivity contribution in [1.82, 2.24) is 14.7 Å². The number of hydrogen-bond donors (Lipinski definition) is 0. The van der Waals surface area contributed by atoms with Crippen LogP contribution in [0.2, 0.25) is 15.1 Å². The van der Waals surface area contributed by atoms with Crippen molar-refractivity contribution in [3.63, 3.8) is 0 Å². The molecule has 2 aromatic rings. The van der Waals surface area contributed by atoms with E-state index in [-0.39, 0.29) is 29.8 Å². The van der Waals surface area contributed by atoms with E-state index in [0.717, 1.165) is 11.3 Å². The minimum absolute atomic E-state index is 0.0607. The number of carbonyl (C=O) groups is 2. The second-order valence-electron chi connectivity index (χ2n) is 9.30. The highest BCUT2D eigenvalue weighted by molar-refractivity contribution is 6.42. The molecule has 35 heavy (non-hydrogen) atoms. The topological polar surface area (TPSA) is 53.1 Å². The number of amides is 2. The maximum absolute atomic E-state index is 13.3. The van der Waals surface area contributed by atoms with Gasteiger partial charge in [-0.2, -0.15) is 0 Å². The van der Waals surface area contributed by atoms with E-state index >= 15 is 0 Å². The molecule has 188 valence electrons. The Kier molecular flexibility index (Phi) is 8.48. The standard InChI is InChI=1S/C26H30Cl3N3O3/c1-17(35-21-6-4-20(27)5-7-21)22-14-32(15-23(22)19-3-8-24(28)25(29)13-19)26(34)16-30-9-11-31(12-10-30)18(2)33/h3-8,13,17,22-23H,9-12,14-16H2,1-2H3/t17-,22+,23+/m1/s1. The van der Waals surface area contributed by atoms with Crippen LogP contribution >= 0.6 is 34.8 Å². The lowest BCUT2D eigenvalue weighted by Crippen LogP contribution is -2.51. The molecular formula is C26H30Cl3N3O3. The Morgan fingerprint density at radius 3 is 2.26 bits per heavy atom. The van der Waals surface area contributed by atoms with Crippen LogP contribution in [0.5, 0.6) is 5.75 Å². The third kappa shape index (κ3) is 6.42. The number of rotatable bonds is 6. The second kappa shape index (κ2) is 11.4. The average Bonchev–Trinajstić information content (AvgIpc) is 3.28. The van der Waals surface area contributed by atoms with Crippen LogP contribution in [0.4, 0.5) is 0 Å². The van der Waals surface area contributed by atoms with Gasteiger partial charge < -0.3 is 14.5 Å². The van der Waals surface area contributed by atoms with Gasteiger partial charge in [-0.1, -0.05) is 40.9 Å². The molecule has 2 amide bonds. The van der Waals surface area contributed by atoms with E-state index in [1.807, 2.05) is 41.0 Å². The highest BCUT2D eigenvalue weighted by Crippen LogP contribution is 2.38. The van der Waals surface area contributed by atoms with Crippen LogP contribution in [-0.2, 0) is 9.59 Å². The molecule has 3 atom stereocenters. The summed E-state index contributed by atoms with van der Waals surface area (Å²) >= 11 is 18.5. The summed E-state index contributed by atoms with van der Waals surface area (Å²) in [7, 11) is 0. The van der Waals surface area contributed by atoms with Crippen LogP contribution in [0.15, 0.2) is 42.5 Å². The molecule has 0 spiro atoms. The van der Waals surface area contributed by atoms with Gasteiger partial charge in [0.2, 0.25) is 11.8 Å². The Bertz CT molecular complexity index is 1060. The Balaban J connectivity index is 1.47. The molecule has 0 unspecified atom stereocenters. The molecule has 2 aliphatic rings. The molecule has 9 heteroatoms. The normalized spacial score (nSPS) is 21.7. The maximum Gasteiger partial charge on any atom is 0.236 e. The number of hydrogen-bond acceptors (Lipinski definition) is 4. The Labute approximate surface area is 221 Å². The molecule has 0 radical (unpaired) electrons. The van der Waals surface area contributed by atoms with E-state index in [1.165, 1.54) is 0 Å². The van der Waals surface area contributed by atoms with Crippen molar-refractivity contribution in [2.24, 2.45) is 5.92 Å². The molecule has 4 rings (SSSR count). The van der Waals surface area contributed by atoms with Crippen molar-refractivity contribution in [2.75, 3.05) is 45.8 Å². The highest BCUT2D eigenvalue weighted by atomic mass is 35.5. The van der Waals surface area contributed by atoms with Gasteiger partial charge in [-0.05, 0) is 48.9 Å². The molecule has 0 aromatic heterocycles. The van der Waals surface area contributed by atoms with Crippen LogP contribution in [0.25, 0.3) is 0 Å². The number of carbonyl (C=O) groups excluding carboxylic acids is 2. The van der Waals surface area contributed by atoms with Gasteiger partial charge >= 0.3 is 0 Å². The fourth-order valence-corrected chi connectivity index (χ4v) is 5.36. The van der Waals surface area contributed by atoms with Crippen LogP contribution in [0.3, 0.4) is 0 Å². The van der Waals surface area contributed by atoms with E-state index in [1.54, 1.807) is 25.1 Å². The molecule has 2 aliphatic heterocycles. The first kappa shape index (κ1) is 26.1. The minimum Gasteiger partial charge on any atom is -0.490 e. The summed E-state index contributed by atoms with van der Waals surface area (Å²) in [5, 5.41) is 1.66. The molecular weight excluding hydrogens is 509 g/mol. The molecule has 0 bridgehead atoms. The molecule has 0 aliphatic carbocycles. The van der Waals surface area contributed by atoms with Crippen molar-refractivity contribution in [3.8, 4) is 5.75 Å². The lowest BCUT2D eigenvalue weighted by atomic mass is 9.85. The van der Waals surface area contributed by atoms with Gasteiger partial charge in [0, 0.05) is 63.1 Å². The van der Waals surface area contributed by atoms with Gasteiger partial charge in [0.05, 0.1) is 16.6 Å². The van der Waals surface area contributed by atoms with Gasteiger partial charge in [-0.15, -0.1) is 0 Å². The van der Waals surface area contributed by atoms with Gasteiger partial charge in [0.15, 0.2) is 0 Å². The van der Waals surface area contributed by atoms with Gasteiger partial charge in [0.25, 0.3) is 0 Å². The predicted octanol–water partition coefficient (Wildman–Crippen LogP) is 4.82. The van der Waals surface area contributed by atoms with E-state index in [4.69, 9.17) is 39.5 Å². The van der Waals surface area contributed by atoms with Crippen LogP contribution in [0.1, 0.15) is 25.3 Å². The number of halogens is 3. The quantitative estimate of drug-likeness (QED) is 0.529. The monoisotopic (exact) mass is 537 g/mol. The Morgan fingerprint density at radius 2 is 1.63 bits per heavy atom. The number of nitrogens with zero attached hydrogens (tertiary/aromatic N) is 3. The summed E-state index contributed by atoms with van der Waals surface area (Å²) in [6.45, 7) is 7.87. The number of benzene rings is 2. The van der Waals surface area contributed by atoms with E-state index in [9.17, 15) is 9.59 Å². The number of piperazine rings is 1. The van der Waals surface area contributed by atoms with Crippen molar-refractivity contribution in [3.05, 3.63) is 63.1 Å². The third-order valence-electron chi connectivity index (χ3n) is 7.00. The van der Waals surface area contributed by atoms with E-state index in [2.05, 4.69) is 4.90 Å². The number of ether oxygens (including phenoxy) is 1. The molecule has 2 heterocycles. The summed E-state index contributed by atoms with van der Waals surface area (Å²) in [6.07, 6.45) is -0.146. The van der Waals surface area contributed by atoms with Gasteiger partial charge in [-0.25, -0.2) is 0 Å². The van der Waals surface area contributed by atoms with E-state index in [0.29, 0.717) is 60.9 Å². The number of likely N-dealkylation sites (tertiary alicyclic amines) is 1. The average molecular weight is 539 g/mol. The molecule has 0 saturated carbocycles. The maximum atomic E-state index is 13.3. The molecule has 2 fully saturated rings. The van der Waals surface area contributed by atoms with Crippen molar-refractivity contribution in [2.45, 2.75) is 25.9 Å². The summed E-state index contributed by atoms with van der Waals surface area (Å²) < 4.78 is 6.27. The SMILES string of the molecule is CC(=O)N1CCN(CC(=O)N2C[C@@H]([C@@H](C)Oc3ccc(Cl)cc3)[C@H](c3ccc(Cl)c(Cl)c3)C2)CC1. The van der Waals surface area contributed by atoms with Crippen molar-refractivity contribution >= 4 is 46.6 Å². The first-order valence-electron chi connectivity index (χ1n) is 11.8. The predicted molar refractivity (Wildman–Crippen MR) is 140 cm³/mol. The third-order valence-corrected chi connectivity index (χ3v) is 8.00. The molecule has 2 saturated heterocycles. The first-order valence-corrected chi connectivity index (χ1v) is 13.0. The summed E-state index contributed by atoms with van der Waals surface area (Å²) in [6, 6.07) is 13.0. The fraction of sp³-hybridized carbons (Fsp3) is 0.462.